The molecular weight excluding hydrogens is 270 g/mol. The Hall–Kier alpha value is -2.48. The van der Waals surface area contributed by atoms with Gasteiger partial charge in [0.25, 0.3) is 0 Å². The summed E-state index contributed by atoms with van der Waals surface area (Å²) in [5, 5.41) is 0. The molecule has 0 saturated carbocycles. The Kier molecular flexibility index (Phi) is 4.29. The molecule has 2 atom stereocenters. The van der Waals surface area contributed by atoms with E-state index < -0.39 is 0 Å². The van der Waals surface area contributed by atoms with Crippen molar-refractivity contribution in [1.82, 2.24) is 0 Å². The second-order valence-corrected chi connectivity index (χ2v) is 5.02. The van der Waals surface area contributed by atoms with Gasteiger partial charge in [0.1, 0.15) is 11.9 Å². The first kappa shape index (κ1) is 14.5. The molecule has 0 spiro atoms. The third-order valence-electron chi connectivity index (χ3n) is 3.78. The maximum atomic E-state index is 6.11. The number of fused-ring (bicyclic) bond motifs is 2. The van der Waals surface area contributed by atoms with Gasteiger partial charge in [0.2, 0.25) is 0 Å². The summed E-state index contributed by atoms with van der Waals surface area (Å²) in [7, 11) is 0. The molecule has 1 aliphatic carbocycles. The van der Waals surface area contributed by atoms with E-state index in [1.165, 1.54) is 5.69 Å². The summed E-state index contributed by atoms with van der Waals surface area (Å²) in [6.07, 6.45) is 8.53. The summed E-state index contributed by atoms with van der Waals surface area (Å²) in [4.78, 5) is 2.35. The van der Waals surface area contributed by atoms with Crippen LogP contribution in [-0.2, 0) is 0 Å². The van der Waals surface area contributed by atoms with Crippen molar-refractivity contribution in [3.8, 4) is 5.75 Å². The van der Waals surface area contributed by atoms with Gasteiger partial charge in [-0.25, -0.2) is 0 Å². The normalized spacial score (nSPS) is 21.1. The van der Waals surface area contributed by atoms with Crippen molar-refractivity contribution < 1.29 is 4.74 Å². The summed E-state index contributed by atoms with van der Waals surface area (Å²) in [6, 6.07) is 18.9. The van der Waals surface area contributed by atoms with Crippen LogP contribution in [-0.4, -0.2) is 12.1 Å². The zero-order valence-corrected chi connectivity index (χ0v) is 13.0. The Balaban J connectivity index is 0.000000693. The molecule has 2 aromatic rings. The Morgan fingerprint density at radius 3 is 2.32 bits per heavy atom. The highest BCUT2D eigenvalue weighted by atomic mass is 16.5. The SMILES string of the molecule is C1=CC2Oc3ccccc3N(c3ccccc3)C2C=C1.CC. The third-order valence-corrected chi connectivity index (χ3v) is 3.78. The predicted octanol–water partition coefficient (Wildman–Crippen LogP) is 5.11. The van der Waals surface area contributed by atoms with Crippen molar-refractivity contribution in [2.45, 2.75) is 26.0 Å². The van der Waals surface area contributed by atoms with Crippen molar-refractivity contribution >= 4 is 11.4 Å². The predicted molar refractivity (Wildman–Crippen MR) is 92.9 cm³/mol. The lowest BCUT2D eigenvalue weighted by Crippen LogP contribution is -2.46. The summed E-state index contributed by atoms with van der Waals surface area (Å²) < 4.78 is 6.11. The number of para-hydroxylation sites is 3. The first-order valence-corrected chi connectivity index (χ1v) is 7.88. The van der Waals surface area contributed by atoms with E-state index >= 15 is 0 Å². The molecule has 0 amide bonds. The minimum absolute atomic E-state index is 0.0649. The number of nitrogens with zero attached hydrogens (tertiary/aromatic N) is 1. The topological polar surface area (TPSA) is 12.5 Å². The smallest absolute Gasteiger partial charge is 0.144 e. The zero-order valence-electron chi connectivity index (χ0n) is 13.0. The van der Waals surface area contributed by atoms with Crippen LogP contribution >= 0.6 is 0 Å². The standard InChI is InChI=1S/C18H15NO.C2H6/c1-2-8-14(9-3-1)19-15-10-4-6-12-17(15)20-18-13-7-5-11-16(18)19;1-2/h1-13,15,17H;1-2H3. The molecule has 2 nitrogen and oxygen atoms in total. The Morgan fingerprint density at radius 1 is 0.818 bits per heavy atom. The van der Waals surface area contributed by atoms with Gasteiger partial charge in [-0.1, -0.05) is 62.4 Å². The average Bonchev–Trinajstić information content (AvgIpc) is 2.62. The number of anilines is 2. The first-order valence-electron chi connectivity index (χ1n) is 7.88. The van der Waals surface area contributed by atoms with E-state index in [0.29, 0.717) is 0 Å². The molecule has 0 fully saturated rings. The van der Waals surface area contributed by atoms with E-state index in [0.717, 1.165) is 11.4 Å². The zero-order chi connectivity index (χ0) is 15.4. The quantitative estimate of drug-likeness (QED) is 0.724. The van der Waals surface area contributed by atoms with Crippen LogP contribution in [0.4, 0.5) is 11.4 Å². The lowest BCUT2D eigenvalue weighted by atomic mass is 9.99. The average molecular weight is 291 g/mol. The molecule has 0 radical (unpaired) electrons. The lowest BCUT2D eigenvalue weighted by molar-refractivity contribution is 0.218. The lowest BCUT2D eigenvalue weighted by Gasteiger charge is -2.42. The third kappa shape index (κ3) is 2.52. The van der Waals surface area contributed by atoms with Crippen LogP contribution in [0, 0.1) is 0 Å². The molecule has 0 bridgehead atoms. The number of ether oxygens (including phenoxy) is 1. The van der Waals surface area contributed by atoms with Crippen molar-refractivity contribution in [3.05, 3.63) is 78.9 Å². The Morgan fingerprint density at radius 2 is 1.50 bits per heavy atom. The number of rotatable bonds is 1. The minimum atomic E-state index is 0.0649. The first-order chi connectivity index (χ1) is 10.9. The van der Waals surface area contributed by atoms with E-state index in [1.807, 2.05) is 32.0 Å². The van der Waals surface area contributed by atoms with Crippen LogP contribution in [0.3, 0.4) is 0 Å². The molecule has 22 heavy (non-hydrogen) atoms. The minimum Gasteiger partial charge on any atom is -0.482 e. The van der Waals surface area contributed by atoms with Crippen molar-refractivity contribution in [3.63, 3.8) is 0 Å². The van der Waals surface area contributed by atoms with Crippen LogP contribution in [0.5, 0.6) is 5.75 Å². The van der Waals surface area contributed by atoms with Gasteiger partial charge in [0, 0.05) is 5.69 Å². The Bertz CT molecular complexity index is 675. The number of hydrogen-bond donors (Lipinski definition) is 0. The second kappa shape index (κ2) is 6.52. The maximum Gasteiger partial charge on any atom is 0.144 e. The molecule has 0 N–H and O–H groups in total. The van der Waals surface area contributed by atoms with Crippen LogP contribution in [0.1, 0.15) is 13.8 Å². The van der Waals surface area contributed by atoms with E-state index in [-0.39, 0.29) is 12.1 Å². The number of benzene rings is 2. The fraction of sp³-hybridized carbons (Fsp3) is 0.200. The highest BCUT2D eigenvalue weighted by Gasteiger charge is 2.34. The van der Waals surface area contributed by atoms with Gasteiger partial charge in [-0.3, -0.25) is 0 Å². The molecule has 112 valence electrons. The van der Waals surface area contributed by atoms with Gasteiger partial charge in [-0.05, 0) is 30.3 Å². The molecule has 2 aromatic carbocycles. The molecule has 1 heterocycles. The monoisotopic (exact) mass is 291 g/mol. The highest BCUT2D eigenvalue weighted by molar-refractivity contribution is 5.72. The van der Waals surface area contributed by atoms with Gasteiger partial charge in [-0.2, -0.15) is 0 Å². The molecule has 2 heteroatoms. The summed E-state index contributed by atoms with van der Waals surface area (Å²) in [5.41, 5.74) is 2.32. The Labute approximate surface area is 132 Å². The van der Waals surface area contributed by atoms with Crippen LogP contribution in [0.25, 0.3) is 0 Å². The summed E-state index contributed by atoms with van der Waals surface area (Å²) in [5.74, 6) is 0.942. The molecule has 2 aliphatic rings. The molecule has 4 rings (SSSR count). The van der Waals surface area contributed by atoms with E-state index in [9.17, 15) is 0 Å². The van der Waals surface area contributed by atoms with E-state index in [2.05, 4.69) is 65.6 Å². The van der Waals surface area contributed by atoms with Gasteiger partial charge >= 0.3 is 0 Å². The van der Waals surface area contributed by atoms with Gasteiger partial charge < -0.3 is 9.64 Å². The highest BCUT2D eigenvalue weighted by Crippen LogP contribution is 2.42. The maximum absolute atomic E-state index is 6.11. The van der Waals surface area contributed by atoms with Gasteiger partial charge in [-0.15, -0.1) is 0 Å². The van der Waals surface area contributed by atoms with Crippen LogP contribution in [0.15, 0.2) is 78.9 Å². The van der Waals surface area contributed by atoms with Crippen LogP contribution in [0.2, 0.25) is 0 Å². The van der Waals surface area contributed by atoms with Gasteiger partial charge in [0.05, 0.1) is 11.7 Å². The second-order valence-electron chi connectivity index (χ2n) is 5.02. The fourth-order valence-corrected chi connectivity index (χ4v) is 2.88. The summed E-state index contributed by atoms with van der Waals surface area (Å²) in [6.45, 7) is 4.00. The number of allylic oxidation sites excluding steroid dienone is 2. The molecule has 0 saturated heterocycles. The summed E-state index contributed by atoms with van der Waals surface area (Å²) >= 11 is 0. The van der Waals surface area contributed by atoms with Crippen molar-refractivity contribution in [1.29, 1.82) is 0 Å². The molecule has 2 unspecified atom stereocenters. The fourth-order valence-electron chi connectivity index (χ4n) is 2.88. The largest absolute Gasteiger partial charge is 0.482 e. The molecule has 1 aliphatic heterocycles. The van der Waals surface area contributed by atoms with Gasteiger partial charge in [0.15, 0.2) is 0 Å². The van der Waals surface area contributed by atoms with E-state index in [4.69, 9.17) is 4.74 Å². The molecular formula is C20H21NO. The van der Waals surface area contributed by atoms with Crippen molar-refractivity contribution in [2.24, 2.45) is 0 Å². The van der Waals surface area contributed by atoms with E-state index in [1.54, 1.807) is 0 Å². The van der Waals surface area contributed by atoms with Crippen molar-refractivity contribution in [2.75, 3.05) is 4.90 Å². The molecule has 0 aromatic heterocycles. The van der Waals surface area contributed by atoms with Crippen LogP contribution < -0.4 is 9.64 Å². The number of hydrogen-bond acceptors (Lipinski definition) is 2.